The van der Waals surface area contributed by atoms with Gasteiger partial charge in [-0.05, 0) is 68.5 Å². The molecule has 0 radical (unpaired) electrons. The van der Waals surface area contributed by atoms with Crippen LogP contribution < -0.4 is 9.92 Å². The van der Waals surface area contributed by atoms with Gasteiger partial charge in [0, 0.05) is 37.0 Å². The second kappa shape index (κ2) is 12.7. The predicted molar refractivity (Wildman–Crippen MR) is 143 cm³/mol. The fourth-order valence-corrected chi connectivity index (χ4v) is 5.07. The molecule has 4 N–H and O–H groups in total. The number of nitrogens with one attached hydrogen (secondary N) is 1. The number of anilines is 2. The zero-order chi connectivity index (χ0) is 27.9. The van der Waals surface area contributed by atoms with E-state index in [0.717, 1.165) is 5.56 Å². The molecule has 0 aromatic heterocycles. The van der Waals surface area contributed by atoms with Crippen molar-refractivity contribution in [3.05, 3.63) is 66.2 Å². The molecule has 1 unspecified atom stereocenters. The molecule has 1 heterocycles. The third-order valence-corrected chi connectivity index (χ3v) is 7.40. The smallest absolute Gasteiger partial charge is 0.389 e. The molecule has 1 atom stereocenters. The molecule has 206 valence electrons. The molecule has 1 aliphatic rings. The van der Waals surface area contributed by atoms with Crippen molar-refractivity contribution in [3.63, 3.8) is 0 Å². The van der Waals surface area contributed by atoms with E-state index in [1.54, 1.807) is 41.3 Å². The second-order valence-electron chi connectivity index (χ2n) is 9.21. The van der Waals surface area contributed by atoms with Crippen molar-refractivity contribution < 1.29 is 33.2 Å². The molecule has 2 aromatic rings. The van der Waals surface area contributed by atoms with Crippen molar-refractivity contribution in [2.24, 2.45) is 4.99 Å². The highest BCUT2D eigenvalue weighted by Gasteiger charge is 2.35. The van der Waals surface area contributed by atoms with Gasteiger partial charge in [0.05, 0.1) is 17.0 Å². The van der Waals surface area contributed by atoms with Crippen LogP contribution in [0.3, 0.4) is 0 Å². The standard InChI is InChI=1S/C26H32F3N4O4P/c1-3-16-30-23-19(2)6-4-7-22(23)33(36)38(37)31-21-10-8-20(9-11-21)24(34)32-17-14-25(35,15-18-32)12-5-13-26(27,28)29/h3-4,6-11,16,31,35-37H,1,5,12-15,17-18H2,2H3. The number of piperidine rings is 1. The first-order valence-electron chi connectivity index (χ1n) is 12.1. The second-order valence-corrected chi connectivity index (χ2v) is 10.4. The lowest BCUT2D eigenvalue weighted by atomic mass is 9.86. The summed E-state index contributed by atoms with van der Waals surface area (Å²) in [6.07, 6.45) is -1.85. The Labute approximate surface area is 221 Å². The van der Waals surface area contributed by atoms with Crippen LogP contribution in [-0.4, -0.2) is 57.1 Å². The van der Waals surface area contributed by atoms with Crippen molar-refractivity contribution in [1.29, 1.82) is 0 Å². The highest BCUT2D eigenvalue weighted by atomic mass is 31.2. The Bertz CT molecular complexity index is 1140. The summed E-state index contributed by atoms with van der Waals surface area (Å²) in [6, 6.07) is 11.5. The molecule has 0 spiro atoms. The molecule has 1 saturated heterocycles. The van der Waals surface area contributed by atoms with E-state index in [2.05, 4.69) is 16.7 Å². The van der Waals surface area contributed by atoms with Gasteiger partial charge in [-0.25, -0.2) is 0 Å². The zero-order valence-corrected chi connectivity index (χ0v) is 21.9. The Hall–Kier alpha value is -2.98. The number of carbonyl (C=O) groups is 1. The van der Waals surface area contributed by atoms with Crippen LogP contribution in [0, 0.1) is 6.92 Å². The summed E-state index contributed by atoms with van der Waals surface area (Å²) in [6.45, 7) is 5.91. The first-order chi connectivity index (χ1) is 17.9. The van der Waals surface area contributed by atoms with E-state index >= 15 is 0 Å². The average Bonchev–Trinajstić information content (AvgIpc) is 2.87. The molecule has 12 heteroatoms. The number of para-hydroxylation sites is 1. The minimum Gasteiger partial charge on any atom is -0.390 e. The monoisotopic (exact) mass is 552 g/mol. The largest absolute Gasteiger partial charge is 0.390 e. The number of allylic oxidation sites excluding steroid dienone is 1. The Morgan fingerprint density at radius 1 is 1.24 bits per heavy atom. The fourth-order valence-electron chi connectivity index (χ4n) is 4.23. The maximum absolute atomic E-state index is 12.9. The zero-order valence-electron chi connectivity index (χ0n) is 21.0. The highest BCUT2D eigenvalue weighted by Crippen LogP contribution is 2.43. The maximum Gasteiger partial charge on any atom is 0.389 e. The lowest BCUT2D eigenvalue weighted by molar-refractivity contribution is -0.138. The molecule has 1 aliphatic heterocycles. The van der Waals surface area contributed by atoms with Gasteiger partial charge in [-0.15, -0.1) is 0 Å². The number of alkyl halides is 3. The topological polar surface area (TPSA) is 109 Å². The molecular weight excluding hydrogens is 520 g/mol. The normalized spacial score (nSPS) is 16.3. The Morgan fingerprint density at radius 2 is 1.89 bits per heavy atom. The van der Waals surface area contributed by atoms with Gasteiger partial charge in [0.25, 0.3) is 14.4 Å². The predicted octanol–water partition coefficient (Wildman–Crippen LogP) is 6.11. The Morgan fingerprint density at radius 3 is 2.50 bits per heavy atom. The molecule has 3 rings (SSSR count). The molecule has 38 heavy (non-hydrogen) atoms. The van der Waals surface area contributed by atoms with Gasteiger partial charge in [-0.3, -0.25) is 15.0 Å². The van der Waals surface area contributed by atoms with Crippen molar-refractivity contribution in [1.82, 2.24) is 4.90 Å². The lowest BCUT2D eigenvalue weighted by Gasteiger charge is -2.38. The van der Waals surface area contributed by atoms with Gasteiger partial charge < -0.3 is 20.0 Å². The Balaban J connectivity index is 1.57. The summed E-state index contributed by atoms with van der Waals surface area (Å²) in [5.41, 5.74) is 1.24. The average molecular weight is 553 g/mol. The summed E-state index contributed by atoms with van der Waals surface area (Å²) in [7, 11) is -2.25. The summed E-state index contributed by atoms with van der Waals surface area (Å²) >= 11 is 0. The van der Waals surface area contributed by atoms with Crippen LogP contribution in [0.5, 0.6) is 0 Å². The fraction of sp³-hybridized carbons (Fsp3) is 0.385. The van der Waals surface area contributed by atoms with E-state index in [4.69, 9.17) is 0 Å². The van der Waals surface area contributed by atoms with E-state index in [1.165, 1.54) is 12.3 Å². The molecule has 0 aliphatic carbocycles. The number of hydrogen-bond acceptors (Lipinski definition) is 7. The van der Waals surface area contributed by atoms with E-state index < -0.39 is 26.6 Å². The molecule has 1 amide bonds. The van der Waals surface area contributed by atoms with E-state index in [9.17, 15) is 33.2 Å². The number of aryl methyl sites for hydroxylation is 1. The van der Waals surface area contributed by atoms with Gasteiger partial charge >= 0.3 is 6.18 Å². The van der Waals surface area contributed by atoms with Crippen molar-refractivity contribution in [2.45, 2.75) is 50.8 Å². The number of aliphatic hydroxyl groups is 1. The van der Waals surface area contributed by atoms with Gasteiger partial charge in [-0.1, -0.05) is 24.8 Å². The Kier molecular flexibility index (Phi) is 9.89. The lowest BCUT2D eigenvalue weighted by Crippen LogP contribution is -2.46. The number of rotatable bonds is 10. The molecule has 1 fully saturated rings. The number of likely N-dealkylation sites (tertiary alicyclic amines) is 1. The quantitative estimate of drug-likeness (QED) is 0.161. The maximum atomic E-state index is 12.9. The number of benzene rings is 2. The summed E-state index contributed by atoms with van der Waals surface area (Å²) in [5.74, 6) is -0.256. The third kappa shape index (κ3) is 8.01. The van der Waals surface area contributed by atoms with Crippen molar-refractivity contribution in [2.75, 3.05) is 23.0 Å². The number of hydrogen-bond donors (Lipinski definition) is 4. The van der Waals surface area contributed by atoms with Crippen LogP contribution in [0.4, 0.5) is 30.2 Å². The van der Waals surface area contributed by atoms with Crippen LogP contribution in [0.1, 0.15) is 48.0 Å². The number of carbonyl (C=O) groups excluding carboxylic acids is 1. The highest BCUT2D eigenvalue weighted by molar-refractivity contribution is 7.54. The van der Waals surface area contributed by atoms with Gasteiger partial charge in [0.15, 0.2) is 0 Å². The van der Waals surface area contributed by atoms with Crippen LogP contribution in [0.25, 0.3) is 0 Å². The number of amides is 1. The van der Waals surface area contributed by atoms with Crippen molar-refractivity contribution >= 4 is 37.6 Å². The molecular formula is C26H32F3N4O4P. The van der Waals surface area contributed by atoms with Gasteiger partial charge in [0.1, 0.15) is 0 Å². The van der Waals surface area contributed by atoms with Crippen LogP contribution >= 0.6 is 8.45 Å². The third-order valence-electron chi connectivity index (χ3n) is 6.37. The van der Waals surface area contributed by atoms with E-state index in [-0.39, 0.29) is 44.7 Å². The van der Waals surface area contributed by atoms with Gasteiger partial charge in [0.2, 0.25) is 0 Å². The number of nitrogens with zero attached hydrogens (tertiary/aromatic N) is 3. The van der Waals surface area contributed by atoms with Crippen LogP contribution in [0.15, 0.2) is 60.1 Å². The van der Waals surface area contributed by atoms with E-state index in [1.807, 2.05) is 13.0 Å². The number of halogens is 3. The summed E-state index contributed by atoms with van der Waals surface area (Å²) in [4.78, 5) is 30.0. The minimum absolute atomic E-state index is 0.0472. The first kappa shape index (κ1) is 29.6. The molecule has 0 saturated carbocycles. The van der Waals surface area contributed by atoms with Crippen LogP contribution in [-0.2, 0) is 0 Å². The molecule has 8 nitrogen and oxygen atoms in total. The number of aliphatic imine (C=N–C) groups is 1. The molecule has 2 aromatic carbocycles. The summed E-state index contributed by atoms with van der Waals surface area (Å²) in [5, 5.41) is 24.0. The van der Waals surface area contributed by atoms with Gasteiger partial charge in [-0.2, -0.15) is 18.0 Å². The SMILES string of the molecule is C=CC=Nc1c(C)cccc1N(O)P(O)Nc1ccc(C(=O)N2CCC(O)(CCCC(F)(F)F)CC2)cc1. The van der Waals surface area contributed by atoms with Crippen LogP contribution in [0.2, 0.25) is 0 Å². The molecule has 0 bridgehead atoms. The minimum atomic E-state index is -4.25. The van der Waals surface area contributed by atoms with Crippen molar-refractivity contribution in [3.8, 4) is 0 Å². The summed E-state index contributed by atoms with van der Waals surface area (Å²) < 4.78 is 37.2. The first-order valence-corrected chi connectivity index (χ1v) is 13.3. The van der Waals surface area contributed by atoms with E-state index in [0.29, 0.717) is 27.5 Å².